The molecule has 10 atom stereocenters. The normalized spacial score (nSPS) is 58.6. The number of carboxylic acid groups (broad SMARTS) is 1. The van der Waals surface area contributed by atoms with Crippen LogP contribution in [0.25, 0.3) is 0 Å². The summed E-state index contributed by atoms with van der Waals surface area (Å²) in [6, 6.07) is 0. The molecule has 158 valence electrons. The van der Waals surface area contributed by atoms with E-state index in [0.29, 0.717) is 0 Å². The number of aliphatic hydroxyl groups excluding tert-OH is 1. The van der Waals surface area contributed by atoms with Gasteiger partial charge >= 0.3 is 5.97 Å². The number of aliphatic carboxylic acids is 1. The largest absolute Gasteiger partial charge is 0.479 e. The van der Waals surface area contributed by atoms with Crippen LogP contribution < -0.4 is 0 Å². The standard InChI is InChI=1S/C21H30F2O5/c1-10-6-12-13-8-15(22)14-7-11(24)4-5-18(14,2)20(13,23)16(25)9-19(12,3)21(10,28)17(26)27/h10,12-16,25,28H,4-9H2,1-3H3,(H,26,27). The molecule has 4 aliphatic rings. The smallest absolute Gasteiger partial charge is 0.336 e. The zero-order valence-corrected chi connectivity index (χ0v) is 16.6. The van der Waals surface area contributed by atoms with Crippen molar-refractivity contribution in [1.29, 1.82) is 0 Å². The molecule has 28 heavy (non-hydrogen) atoms. The molecule has 4 rings (SSSR count). The molecule has 0 spiro atoms. The van der Waals surface area contributed by atoms with Gasteiger partial charge in [-0.3, -0.25) is 4.79 Å². The van der Waals surface area contributed by atoms with Gasteiger partial charge in [-0.25, -0.2) is 13.6 Å². The quantitative estimate of drug-likeness (QED) is 0.629. The van der Waals surface area contributed by atoms with Crippen LogP contribution in [0.3, 0.4) is 0 Å². The minimum atomic E-state index is -2.10. The Morgan fingerprint density at radius 2 is 1.79 bits per heavy atom. The van der Waals surface area contributed by atoms with Crippen molar-refractivity contribution in [2.24, 2.45) is 34.5 Å². The fraction of sp³-hybridized carbons (Fsp3) is 0.905. The van der Waals surface area contributed by atoms with Crippen LogP contribution in [-0.2, 0) is 9.59 Å². The maximum atomic E-state index is 16.9. The Bertz CT molecular complexity index is 730. The number of alkyl halides is 2. The number of fused-ring (bicyclic) bond motifs is 5. The molecule has 7 heteroatoms. The summed E-state index contributed by atoms with van der Waals surface area (Å²) >= 11 is 0. The molecule has 0 amide bonds. The Morgan fingerprint density at radius 3 is 2.39 bits per heavy atom. The van der Waals surface area contributed by atoms with Crippen LogP contribution in [0.2, 0.25) is 0 Å². The van der Waals surface area contributed by atoms with E-state index < -0.39 is 64.0 Å². The number of carbonyl (C=O) groups excluding carboxylic acids is 1. The lowest BCUT2D eigenvalue weighted by Gasteiger charge is -2.65. The van der Waals surface area contributed by atoms with Gasteiger partial charge in [-0.1, -0.05) is 20.8 Å². The van der Waals surface area contributed by atoms with Crippen molar-refractivity contribution in [2.75, 3.05) is 0 Å². The van der Waals surface area contributed by atoms with Crippen LogP contribution >= 0.6 is 0 Å². The first-order valence-electron chi connectivity index (χ1n) is 10.3. The number of carbonyl (C=O) groups is 2. The van der Waals surface area contributed by atoms with Crippen molar-refractivity contribution in [1.82, 2.24) is 0 Å². The minimum Gasteiger partial charge on any atom is -0.479 e. The highest BCUT2D eigenvalue weighted by Gasteiger charge is 2.77. The van der Waals surface area contributed by atoms with E-state index >= 15 is 8.78 Å². The third-order valence-electron chi connectivity index (χ3n) is 9.44. The Morgan fingerprint density at radius 1 is 1.14 bits per heavy atom. The lowest BCUT2D eigenvalue weighted by Crippen LogP contribution is -2.72. The van der Waals surface area contributed by atoms with Gasteiger partial charge < -0.3 is 15.3 Å². The van der Waals surface area contributed by atoms with Crippen molar-refractivity contribution < 1.29 is 33.7 Å². The summed E-state index contributed by atoms with van der Waals surface area (Å²) in [6.45, 7) is 4.88. The van der Waals surface area contributed by atoms with Gasteiger partial charge in [0.1, 0.15) is 17.6 Å². The molecule has 0 aromatic carbocycles. The van der Waals surface area contributed by atoms with Crippen molar-refractivity contribution in [3.05, 3.63) is 0 Å². The van der Waals surface area contributed by atoms with Gasteiger partial charge in [0.25, 0.3) is 0 Å². The van der Waals surface area contributed by atoms with Crippen molar-refractivity contribution in [3.63, 3.8) is 0 Å². The Kier molecular flexibility index (Phi) is 4.15. The summed E-state index contributed by atoms with van der Waals surface area (Å²) in [4.78, 5) is 23.9. The first-order valence-corrected chi connectivity index (χ1v) is 10.3. The summed E-state index contributed by atoms with van der Waals surface area (Å²) in [6.07, 6.45) is -2.62. The van der Waals surface area contributed by atoms with E-state index in [0.717, 1.165) is 0 Å². The SMILES string of the molecule is CC1CC2C3CC(F)C4CC(=O)CCC4(C)C3(F)C(O)CC2(C)C1(O)C(=O)O. The van der Waals surface area contributed by atoms with Crippen LogP contribution in [0.15, 0.2) is 0 Å². The third-order valence-corrected chi connectivity index (χ3v) is 9.44. The number of carboxylic acids is 1. The molecule has 0 aromatic heterocycles. The van der Waals surface area contributed by atoms with E-state index in [9.17, 15) is 24.9 Å². The number of aliphatic hydroxyl groups is 2. The van der Waals surface area contributed by atoms with Crippen LogP contribution in [0.1, 0.15) is 59.3 Å². The minimum absolute atomic E-state index is 0.0137. The average molecular weight is 400 g/mol. The second kappa shape index (κ2) is 5.75. The molecule has 0 heterocycles. The van der Waals surface area contributed by atoms with Gasteiger partial charge in [0.05, 0.1) is 6.10 Å². The van der Waals surface area contributed by atoms with Crippen molar-refractivity contribution in [3.8, 4) is 0 Å². The topological polar surface area (TPSA) is 94.8 Å². The summed E-state index contributed by atoms with van der Waals surface area (Å²) < 4.78 is 32.1. The molecule has 4 saturated carbocycles. The molecule has 0 radical (unpaired) electrons. The molecule has 4 fully saturated rings. The highest BCUT2D eigenvalue weighted by Crippen LogP contribution is 2.71. The molecular formula is C21H30F2O5. The van der Waals surface area contributed by atoms with Crippen molar-refractivity contribution >= 4 is 11.8 Å². The van der Waals surface area contributed by atoms with E-state index in [1.165, 1.54) is 0 Å². The second-order valence-electron chi connectivity index (χ2n) is 10.3. The summed E-state index contributed by atoms with van der Waals surface area (Å²) in [5.41, 5.74) is -6.62. The molecule has 0 aliphatic heterocycles. The molecule has 0 aromatic rings. The number of halogens is 2. The van der Waals surface area contributed by atoms with Crippen LogP contribution in [0, 0.1) is 34.5 Å². The predicted octanol–water partition coefficient (Wildman–Crippen LogP) is 2.67. The summed E-state index contributed by atoms with van der Waals surface area (Å²) in [5, 5.41) is 31.9. The van der Waals surface area contributed by atoms with E-state index in [1.807, 2.05) is 0 Å². The van der Waals surface area contributed by atoms with Gasteiger partial charge in [0, 0.05) is 35.5 Å². The van der Waals surface area contributed by atoms with Crippen LogP contribution in [0.4, 0.5) is 8.78 Å². The molecule has 0 saturated heterocycles. The van der Waals surface area contributed by atoms with Crippen LogP contribution in [0.5, 0.6) is 0 Å². The fourth-order valence-electron chi connectivity index (χ4n) is 7.82. The Hall–Kier alpha value is -1.08. The van der Waals surface area contributed by atoms with Crippen molar-refractivity contribution in [2.45, 2.75) is 82.8 Å². The Labute approximate surface area is 163 Å². The predicted molar refractivity (Wildman–Crippen MR) is 95.9 cm³/mol. The molecule has 10 unspecified atom stereocenters. The molecule has 4 aliphatic carbocycles. The second-order valence-corrected chi connectivity index (χ2v) is 10.3. The van der Waals surface area contributed by atoms with Gasteiger partial charge in [-0.05, 0) is 37.5 Å². The highest BCUT2D eigenvalue weighted by molar-refractivity contribution is 5.80. The maximum Gasteiger partial charge on any atom is 0.336 e. The summed E-state index contributed by atoms with van der Waals surface area (Å²) in [7, 11) is 0. The zero-order chi connectivity index (χ0) is 20.9. The van der Waals surface area contributed by atoms with Gasteiger partial charge in [0.15, 0.2) is 5.60 Å². The molecule has 5 nitrogen and oxygen atoms in total. The number of Topliss-reactive ketones (excluding diaryl/α,β-unsaturated/α-hetero) is 1. The highest BCUT2D eigenvalue weighted by atomic mass is 19.1. The number of hydrogen-bond acceptors (Lipinski definition) is 4. The lowest BCUT2D eigenvalue weighted by molar-refractivity contribution is -0.267. The zero-order valence-electron chi connectivity index (χ0n) is 16.6. The fourth-order valence-corrected chi connectivity index (χ4v) is 7.82. The molecule has 3 N–H and O–H groups in total. The van der Waals surface area contributed by atoms with E-state index in [2.05, 4.69) is 0 Å². The van der Waals surface area contributed by atoms with E-state index in [-0.39, 0.29) is 44.3 Å². The van der Waals surface area contributed by atoms with E-state index in [4.69, 9.17) is 0 Å². The number of rotatable bonds is 1. The average Bonchev–Trinajstić information content (AvgIpc) is 2.81. The van der Waals surface area contributed by atoms with Gasteiger partial charge in [-0.2, -0.15) is 0 Å². The molecule has 0 bridgehead atoms. The monoisotopic (exact) mass is 400 g/mol. The van der Waals surface area contributed by atoms with Gasteiger partial charge in [0.2, 0.25) is 0 Å². The Balaban J connectivity index is 1.83. The van der Waals surface area contributed by atoms with Gasteiger partial charge in [-0.15, -0.1) is 0 Å². The summed E-state index contributed by atoms with van der Waals surface area (Å²) in [5.74, 6) is -4.29. The van der Waals surface area contributed by atoms with Crippen LogP contribution in [-0.4, -0.2) is 50.6 Å². The third kappa shape index (κ3) is 2.02. The first-order chi connectivity index (χ1) is 12.8. The lowest BCUT2D eigenvalue weighted by atomic mass is 9.41. The number of hydrogen-bond donors (Lipinski definition) is 3. The van der Waals surface area contributed by atoms with E-state index in [1.54, 1.807) is 20.8 Å². The number of ketones is 1. The molecular weight excluding hydrogens is 370 g/mol. The first kappa shape index (κ1) is 20.2. The maximum absolute atomic E-state index is 16.9.